The average molecular weight is 192 g/mol. The predicted molar refractivity (Wildman–Crippen MR) is 37.8 cm³/mol. The summed E-state index contributed by atoms with van der Waals surface area (Å²) in [5.74, 6) is 0. The van der Waals surface area contributed by atoms with Crippen LogP contribution in [-0.2, 0) is 18.2 Å². The van der Waals surface area contributed by atoms with Gasteiger partial charge in [-0.1, -0.05) is 0 Å². The molecule has 3 heterocycles. The van der Waals surface area contributed by atoms with E-state index in [-0.39, 0.29) is 6.23 Å². The number of nitrogens with one attached hydrogen (secondary N) is 1. The quantitative estimate of drug-likeness (QED) is 0.546. The summed E-state index contributed by atoms with van der Waals surface area (Å²) in [6.45, 7) is 3.22. The monoisotopic (exact) mass is 192 g/mol. The first kappa shape index (κ1) is 7.44. The van der Waals surface area contributed by atoms with Crippen molar-refractivity contribution in [3.05, 3.63) is 0 Å². The molecule has 3 unspecified atom stereocenters. The van der Waals surface area contributed by atoms with E-state index in [4.69, 9.17) is 13.7 Å². The number of fused-ring (bicyclic) bond motifs is 1. The molecule has 3 atom stereocenters. The highest BCUT2D eigenvalue weighted by molar-refractivity contribution is 7.49. The molecule has 0 aromatic rings. The van der Waals surface area contributed by atoms with Crippen LogP contribution in [0.5, 0.6) is 0 Å². The summed E-state index contributed by atoms with van der Waals surface area (Å²) in [7, 11) is -3.26. The summed E-state index contributed by atoms with van der Waals surface area (Å²) < 4.78 is 26.8. The van der Waals surface area contributed by atoms with Crippen LogP contribution < -0.4 is 5.32 Å². The molecule has 0 saturated carbocycles. The molecule has 1 N–H and O–H groups in total. The van der Waals surface area contributed by atoms with Crippen LogP contribution in [0.15, 0.2) is 0 Å². The first-order chi connectivity index (χ1) is 5.62. The molecular weight excluding hydrogens is 183 g/mol. The zero-order chi connectivity index (χ0) is 8.40. The molecule has 0 spiro atoms. The molecule has 3 rings (SSSR count). The van der Waals surface area contributed by atoms with Crippen LogP contribution in [-0.4, -0.2) is 30.1 Å². The van der Waals surface area contributed by atoms with Gasteiger partial charge in [0.25, 0.3) is 0 Å². The molecule has 3 fully saturated rings. The number of phosphoric acid groups is 1. The zero-order valence-corrected chi connectivity index (χ0v) is 7.41. The summed E-state index contributed by atoms with van der Waals surface area (Å²) in [5, 5.41) is 4.66. The topological polar surface area (TPSA) is 60.0 Å². The van der Waals surface area contributed by atoms with Gasteiger partial charge in [0.2, 0.25) is 0 Å². The summed E-state index contributed by atoms with van der Waals surface area (Å²) in [5.41, 5.74) is -0.701. The summed E-state index contributed by atoms with van der Waals surface area (Å²) in [6.07, 6.45) is -0.328. The molecule has 3 saturated heterocycles. The first-order valence-electron chi connectivity index (χ1n) is 3.82. The second-order valence-electron chi connectivity index (χ2n) is 3.22. The van der Waals surface area contributed by atoms with Crippen molar-refractivity contribution in [1.82, 2.24) is 10.4 Å². The van der Waals surface area contributed by atoms with Crippen LogP contribution in [0.2, 0.25) is 0 Å². The Labute approximate surface area is 69.3 Å². The summed E-state index contributed by atoms with van der Waals surface area (Å²) in [4.78, 5) is 0. The largest absolute Gasteiger partial charge is 0.495 e. The molecule has 6 nitrogen and oxygen atoms in total. The number of phosphoric ester groups is 1. The Balaban J connectivity index is 2.07. The summed E-state index contributed by atoms with van der Waals surface area (Å²) in [6, 6.07) is 0. The van der Waals surface area contributed by atoms with Crippen molar-refractivity contribution in [2.75, 3.05) is 13.1 Å². The molecule has 12 heavy (non-hydrogen) atoms. The van der Waals surface area contributed by atoms with Gasteiger partial charge in [0.1, 0.15) is 0 Å². The minimum absolute atomic E-state index is 0.328. The third-order valence-electron chi connectivity index (χ3n) is 2.36. The molecule has 0 aromatic heterocycles. The Bertz CT molecular complexity index is 265. The van der Waals surface area contributed by atoms with Crippen molar-refractivity contribution >= 4 is 7.82 Å². The molecule has 0 radical (unpaired) electrons. The van der Waals surface area contributed by atoms with Crippen molar-refractivity contribution in [3.8, 4) is 0 Å². The van der Waals surface area contributed by atoms with E-state index in [9.17, 15) is 4.57 Å². The first-order valence-corrected chi connectivity index (χ1v) is 5.28. The Morgan fingerprint density at radius 2 is 2.58 bits per heavy atom. The van der Waals surface area contributed by atoms with E-state index in [0.29, 0.717) is 6.54 Å². The highest BCUT2D eigenvalue weighted by atomic mass is 31.2. The second kappa shape index (κ2) is 1.92. The van der Waals surface area contributed by atoms with Crippen LogP contribution in [0.25, 0.3) is 0 Å². The fraction of sp³-hybridized carbons (Fsp3) is 1.00. The van der Waals surface area contributed by atoms with E-state index in [1.807, 2.05) is 0 Å². The van der Waals surface area contributed by atoms with Gasteiger partial charge in [-0.15, -0.1) is 5.06 Å². The van der Waals surface area contributed by atoms with Crippen LogP contribution >= 0.6 is 7.82 Å². The molecule has 0 aliphatic carbocycles. The second-order valence-corrected chi connectivity index (χ2v) is 4.67. The SMILES string of the molecule is CC12OP3(=O)OC1NCCN2O3. The van der Waals surface area contributed by atoms with E-state index >= 15 is 0 Å². The number of hydroxylamine groups is 2. The number of hydrogen-bond acceptors (Lipinski definition) is 6. The highest BCUT2D eigenvalue weighted by Gasteiger charge is 2.67. The standard InChI is InChI=1S/C5H9N2O4P/c1-5-4-6-2-3-7(5)11-12(8,9-4)10-5/h4,6H,2-3H2,1H3. The van der Waals surface area contributed by atoms with Gasteiger partial charge in [-0.3, -0.25) is 14.4 Å². The maximum Gasteiger partial charge on any atom is 0.495 e. The van der Waals surface area contributed by atoms with Crippen LogP contribution in [0, 0.1) is 0 Å². The van der Waals surface area contributed by atoms with E-state index in [1.54, 1.807) is 12.0 Å². The van der Waals surface area contributed by atoms with E-state index in [1.165, 1.54) is 0 Å². The fourth-order valence-electron chi connectivity index (χ4n) is 1.72. The predicted octanol–water partition coefficient (Wildman–Crippen LogP) is 0.0340. The summed E-state index contributed by atoms with van der Waals surface area (Å²) >= 11 is 0. The van der Waals surface area contributed by atoms with E-state index in [2.05, 4.69) is 5.32 Å². The third kappa shape index (κ3) is 0.706. The van der Waals surface area contributed by atoms with Gasteiger partial charge >= 0.3 is 7.82 Å². The number of piperazine rings is 1. The molecule has 3 aliphatic heterocycles. The molecule has 2 bridgehead atoms. The fourth-order valence-corrected chi connectivity index (χ4v) is 3.49. The van der Waals surface area contributed by atoms with Crippen LogP contribution in [0.1, 0.15) is 6.92 Å². The Morgan fingerprint density at radius 3 is 3.17 bits per heavy atom. The smallest absolute Gasteiger partial charge is 0.287 e. The lowest BCUT2D eigenvalue weighted by molar-refractivity contribution is -0.232. The molecular formula is C5H9N2O4P. The third-order valence-corrected chi connectivity index (χ3v) is 3.82. The van der Waals surface area contributed by atoms with Gasteiger partial charge < -0.3 is 0 Å². The van der Waals surface area contributed by atoms with Crippen molar-refractivity contribution < 1.29 is 18.2 Å². The van der Waals surface area contributed by atoms with Gasteiger partial charge in [0.05, 0.1) is 0 Å². The maximum atomic E-state index is 11.5. The molecule has 0 amide bonds. The van der Waals surface area contributed by atoms with Crippen molar-refractivity contribution in [2.45, 2.75) is 18.9 Å². The van der Waals surface area contributed by atoms with Crippen LogP contribution in [0.3, 0.4) is 0 Å². The minimum atomic E-state index is -3.26. The molecule has 7 heteroatoms. The number of nitrogens with zero attached hydrogens (tertiary/aromatic N) is 1. The lowest BCUT2D eigenvalue weighted by Crippen LogP contribution is -2.63. The van der Waals surface area contributed by atoms with E-state index < -0.39 is 13.5 Å². The Kier molecular flexibility index (Phi) is 1.19. The molecule has 3 aliphatic rings. The van der Waals surface area contributed by atoms with E-state index in [0.717, 1.165) is 6.54 Å². The molecule has 68 valence electrons. The highest BCUT2D eigenvalue weighted by Crippen LogP contribution is 2.68. The van der Waals surface area contributed by atoms with Crippen LogP contribution in [0.4, 0.5) is 0 Å². The van der Waals surface area contributed by atoms with Crippen molar-refractivity contribution in [3.63, 3.8) is 0 Å². The number of rotatable bonds is 0. The lowest BCUT2D eigenvalue weighted by atomic mass is 10.2. The average Bonchev–Trinajstić information content (AvgIpc) is 2.32. The zero-order valence-electron chi connectivity index (χ0n) is 6.52. The maximum absolute atomic E-state index is 11.5. The minimum Gasteiger partial charge on any atom is -0.287 e. The molecule has 0 aromatic carbocycles. The number of hydrogen-bond donors (Lipinski definition) is 1. The van der Waals surface area contributed by atoms with Crippen molar-refractivity contribution in [1.29, 1.82) is 0 Å². The van der Waals surface area contributed by atoms with Gasteiger partial charge in [-0.2, -0.15) is 4.62 Å². The van der Waals surface area contributed by atoms with Gasteiger partial charge in [0.15, 0.2) is 12.0 Å². The van der Waals surface area contributed by atoms with Gasteiger partial charge in [0, 0.05) is 13.1 Å². The lowest BCUT2D eigenvalue weighted by Gasteiger charge is -2.39. The van der Waals surface area contributed by atoms with Crippen molar-refractivity contribution in [2.24, 2.45) is 0 Å². The normalized spacial score (nSPS) is 57.9. The Hall–Kier alpha value is 0.0300. The Morgan fingerprint density at radius 1 is 1.75 bits per heavy atom. The van der Waals surface area contributed by atoms with Gasteiger partial charge in [-0.25, -0.2) is 4.57 Å². The van der Waals surface area contributed by atoms with Gasteiger partial charge in [-0.05, 0) is 6.92 Å².